The molecule has 4 heteroatoms. The Bertz CT molecular complexity index is 552. The van der Waals surface area contributed by atoms with E-state index in [9.17, 15) is 0 Å². The van der Waals surface area contributed by atoms with Gasteiger partial charge in [0.1, 0.15) is 0 Å². The maximum Gasteiger partial charge on any atom is 0.237 e. The van der Waals surface area contributed by atoms with Gasteiger partial charge in [0.15, 0.2) is 0 Å². The lowest BCUT2D eigenvalue weighted by atomic mass is 10.1. The minimum absolute atomic E-state index is 0.399. The van der Waals surface area contributed by atoms with Gasteiger partial charge in [-0.25, -0.2) is 4.98 Å². The fraction of sp³-hybridized carbons (Fsp3) is 0.154. The molecule has 0 spiro atoms. The van der Waals surface area contributed by atoms with Crippen molar-refractivity contribution in [2.45, 2.75) is 6.92 Å². The van der Waals surface area contributed by atoms with Gasteiger partial charge in [-0.2, -0.15) is 0 Å². The number of pyridine rings is 1. The average Bonchev–Trinajstić information content (AvgIpc) is 2.29. The van der Waals surface area contributed by atoms with Gasteiger partial charge < -0.3 is 16.2 Å². The SMILES string of the molecule is COc1nc(-c2cccc(C)c2)c(N)cc1N. The summed E-state index contributed by atoms with van der Waals surface area (Å²) in [5, 5.41) is 0. The molecule has 1 aromatic heterocycles. The van der Waals surface area contributed by atoms with Crippen molar-refractivity contribution in [1.82, 2.24) is 4.98 Å². The summed E-state index contributed by atoms with van der Waals surface area (Å²) in [5.74, 6) is 0.399. The third-order valence-electron chi connectivity index (χ3n) is 2.53. The Hall–Kier alpha value is -2.23. The van der Waals surface area contributed by atoms with Gasteiger partial charge in [-0.15, -0.1) is 0 Å². The molecule has 1 aromatic carbocycles. The van der Waals surface area contributed by atoms with Crippen LogP contribution in [-0.4, -0.2) is 12.1 Å². The topological polar surface area (TPSA) is 74.2 Å². The van der Waals surface area contributed by atoms with E-state index in [0.717, 1.165) is 11.1 Å². The van der Waals surface area contributed by atoms with Crippen molar-refractivity contribution in [3.63, 3.8) is 0 Å². The maximum atomic E-state index is 5.93. The lowest BCUT2D eigenvalue weighted by Crippen LogP contribution is -2.01. The first-order valence-corrected chi connectivity index (χ1v) is 5.29. The predicted octanol–water partition coefficient (Wildman–Crippen LogP) is 2.23. The van der Waals surface area contributed by atoms with Crippen molar-refractivity contribution >= 4 is 11.4 Å². The van der Waals surface area contributed by atoms with Gasteiger partial charge in [0.05, 0.1) is 24.2 Å². The van der Waals surface area contributed by atoms with Crippen LogP contribution in [0.4, 0.5) is 11.4 Å². The van der Waals surface area contributed by atoms with Crippen LogP contribution in [0.5, 0.6) is 5.88 Å². The molecule has 0 unspecified atom stereocenters. The van der Waals surface area contributed by atoms with Gasteiger partial charge >= 0.3 is 0 Å². The first-order chi connectivity index (χ1) is 8.11. The van der Waals surface area contributed by atoms with E-state index in [-0.39, 0.29) is 0 Å². The smallest absolute Gasteiger partial charge is 0.237 e. The molecule has 17 heavy (non-hydrogen) atoms. The zero-order chi connectivity index (χ0) is 12.4. The molecule has 1 heterocycles. The zero-order valence-electron chi connectivity index (χ0n) is 9.90. The summed E-state index contributed by atoms with van der Waals surface area (Å²) in [4.78, 5) is 4.33. The molecule has 0 aliphatic heterocycles. The standard InChI is InChI=1S/C13H15N3O/c1-8-4-3-5-9(6-8)12-10(14)7-11(15)13(16-12)17-2/h3-7H,14-15H2,1-2H3. The normalized spacial score (nSPS) is 10.2. The van der Waals surface area contributed by atoms with Crippen molar-refractivity contribution in [2.24, 2.45) is 0 Å². The highest BCUT2D eigenvalue weighted by molar-refractivity contribution is 5.77. The summed E-state index contributed by atoms with van der Waals surface area (Å²) < 4.78 is 5.10. The number of aryl methyl sites for hydroxylation is 1. The number of hydrogen-bond acceptors (Lipinski definition) is 4. The summed E-state index contributed by atoms with van der Waals surface area (Å²) >= 11 is 0. The minimum atomic E-state index is 0.399. The van der Waals surface area contributed by atoms with Crippen LogP contribution in [0.15, 0.2) is 30.3 Å². The Balaban J connectivity index is 2.59. The molecule has 0 radical (unpaired) electrons. The summed E-state index contributed by atoms with van der Waals surface area (Å²) in [7, 11) is 1.54. The highest BCUT2D eigenvalue weighted by Gasteiger charge is 2.10. The number of nitrogens with zero attached hydrogens (tertiary/aromatic N) is 1. The van der Waals surface area contributed by atoms with E-state index in [1.54, 1.807) is 6.07 Å². The largest absolute Gasteiger partial charge is 0.480 e. The van der Waals surface area contributed by atoms with Crippen molar-refractivity contribution in [3.05, 3.63) is 35.9 Å². The van der Waals surface area contributed by atoms with Crippen molar-refractivity contribution in [3.8, 4) is 17.1 Å². The van der Waals surface area contributed by atoms with Crippen LogP contribution in [0, 0.1) is 6.92 Å². The van der Waals surface area contributed by atoms with E-state index in [1.165, 1.54) is 7.11 Å². The van der Waals surface area contributed by atoms with E-state index in [2.05, 4.69) is 4.98 Å². The molecule has 4 nitrogen and oxygen atoms in total. The van der Waals surface area contributed by atoms with E-state index >= 15 is 0 Å². The van der Waals surface area contributed by atoms with Crippen LogP contribution >= 0.6 is 0 Å². The lowest BCUT2D eigenvalue weighted by molar-refractivity contribution is 0.401. The molecule has 0 aliphatic carbocycles. The number of aromatic nitrogens is 1. The molecule has 0 aliphatic rings. The van der Waals surface area contributed by atoms with Crippen molar-refractivity contribution in [2.75, 3.05) is 18.6 Å². The second-order valence-corrected chi connectivity index (χ2v) is 3.89. The highest BCUT2D eigenvalue weighted by atomic mass is 16.5. The zero-order valence-corrected chi connectivity index (χ0v) is 9.90. The van der Waals surface area contributed by atoms with E-state index < -0.39 is 0 Å². The van der Waals surface area contributed by atoms with Crippen molar-refractivity contribution in [1.29, 1.82) is 0 Å². The lowest BCUT2D eigenvalue weighted by Gasteiger charge is -2.10. The fourth-order valence-electron chi connectivity index (χ4n) is 1.72. The molecule has 0 amide bonds. The number of rotatable bonds is 2. The number of nitrogens with two attached hydrogens (primary N) is 2. The number of nitrogen functional groups attached to an aromatic ring is 2. The summed E-state index contributed by atoms with van der Waals surface area (Å²) in [6.45, 7) is 2.02. The monoisotopic (exact) mass is 229 g/mol. The molecule has 0 saturated heterocycles. The van der Waals surface area contributed by atoms with Gasteiger partial charge in [0.25, 0.3) is 0 Å². The third-order valence-corrected chi connectivity index (χ3v) is 2.53. The highest BCUT2D eigenvalue weighted by Crippen LogP contribution is 2.30. The van der Waals surface area contributed by atoms with Crippen LogP contribution in [-0.2, 0) is 0 Å². The van der Waals surface area contributed by atoms with Crippen molar-refractivity contribution < 1.29 is 4.74 Å². The van der Waals surface area contributed by atoms with Crippen LogP contribution in [0.3, 0.4) is 0 Å². The van der Waals surface area contributed by atoms with Gasteiger partial charge in [0.2, 0.25) is 5.88 Å². The Morgan fingerprint density at radius 2 is 1.88 bits per heavy atom. The molecular formula is C13H15N3O. The molecular weight excluding hydrogens is 214 g/mol. The second-order valence-electron chi connectivity index (χ2n) is 3.89. The van der Waals surface area contributed by atoms with E-state index in [1.807, 2.05) is 31.2 Å². The molecule has 0 fully saturated rings. The summed E-state index contributed by atoms with van der Waals surface area (Å²) in [5.41, 5.74) is 15.5. The molecule has 0 bridgehead atoms. The molecule has 0 atom stereocenters. The Labute approximate surface area is 100 Å². The summed E-state index contributed by atoms with van der Waals surface area (Å²) in [6.07, 6.45) is 0. The van der Waals surface area contributed by atoms with E-state index in [4.69, 9.17) is 16.2 Å². The fourth-order valence-corrected chi connectivity index (χ4v) is 1.72. The van der Waals surface area contributed by atoms with Crippen LogP contribution in [0.1, 0.15) is 5.56 Å². The van der Waals surface area contributed by atoms with Gasteiger partial charge in [-0.1, -0.05) is 23.8 Å². The first-order valence-electron chi connectivity index (χ1n) is 5.29. The van der Waals surface area contributed by atoms with Gasteiger partial charge in [0, 0.05) is 5.56 Å². The third kappa shape index (κ3) is 2.15. The minimum Gasteiger partial charge on any atom is -0.480 e. The number of benzene rings is 1. The average molecular weight is 229 g/mol. The Morgan fingerprint density at radius 3 is 2.53 bits per heavy atom. The first kappa shape index (κ1) is 11.3. The number of methoxy groups -OCH3 is 1. The molecule has 0 saturated carbocycles. The second kappa shape index (κ2) is 4.33. The summed E-state index contributed by atoms with van der Waals surface area (Å²) in [6, 6.07) is 9.64. The van der Waals surface area contributed by atoms with Crippen LogP contribution in [0.25, 0.3) is 11.3 Å². The Morgan fingerprint density at radius 1 is 1.12 bits per heavy atom. The molecule has 2 aromatic rings. The molecule has 88 valence electrons. The van der Waals surface area contributed by atoms with Gasteiger partial charge in [-0.3, -0.25) is 0 Å². The molecule has 2 rings (SSSR count). The van der Waals surface area contributed by atoms with Crippen LogP contribution in [0.2, 0.25) is 0 Å². The maximum absolute atomic E-state index is 5.93. The van der Waals surface area contributed by atoms with E-state index in [0.29, 0.717) is 22.9 Å². The quantitative estimate of drug-likeness (QED) is 0.828. The number of hydrogen-bond donors (Lipinski definition) is 2. The molecule has 4 N–H and O–H groups in total. The number of ether oxygens (including phenoxy) is 1. The Kier molecular flexibility index (Phi) is 2.87. The predicted molar refractivity (Wildman–Crippen MR) is 69.8 cm³/mol. The van der Waals surface area contributed by atoms with Crippen LogP contribution < -0.4 is 16.2 Å². The van der Waals surface area contributed by atoms with Gasteiger partial charge in [-0.05, 0) is 19.1 Å². The number of anilines is 2.